The van der Waals surface area contributed by atoms with Crippen LogP contribution in [0.25, 0.3) is 10.9 Å². The summed E-state index contributed by atoms with van der Waals surface area (Å²) in [5, 5.41) is 3.07. The number of methoxy groups -OCH3 is 1. The first-order valence-electron chi connectivity index (χ1n) is 7.47. The van der Waals surface area contributed by atoms with E-state index in [1.165, 1.54) is 25.3 Å². The van der Waals surface area contributed by atoms with E-state index in [0.29, 0.717) is 22.9 Å². The lowest BCUT2D eigenvalue weighted by Crippen LogP contribution is -2.42. The minimum atomic E-state index is -0.726. The Morgan fingerprint density at radius 3 is 2.62 bits per heavy atom. The number of hydrogen-bond donors (Lipinski definition) is 3. The molecule has 0 aliphatic heterocycles. The molecule has 2 aromatic rings. The smallest absolute Gasteiger partial charge is 0.328 e. The summed E-state index contributed by atoms with van der Waals surface area (Å²) in [5.41, 5.74) is 0.444. The van der Waals surface area contributed by atoms with Crippen LogP contribution in [-0.4, -0.2) is 35.0 Å². The average molecular weight is 349 g/mol. The first-order valence-corrected chi connectivity index (χ1v) is 7.87. The maximum atomic E-state index is 12.4. The number of rotatable bonds is 5. The normalized spacial score (nSPS) is 12.2. The van der Waals surface area contributed by atoms with Crippen LogP contribution in [-0.2, 0) is 9.53 Å². The SMILES string of the molecule is COC(=O)C(CC(C)C)NC(=O)c1ccc2c(=O)[nH]c(=S)[nH]c2c1. The fourth-order valence-electron chi connectivity index (χ4n) is 2.38. The zero-order valence-electron chi connectivity index (χ0n) is 13.6. The quantitative estimate of drug-likeness (QED) is 0.565. The number of amides is 1. The van der Waals surface area contributed by atoms with Gasteiger partial charge in [0.15, 0.2) is 4.77 Å². The highest BCUT2D eigenvalue weighted by atomic mass is 32.1. The van der Waals surface area contributed by atoms with Crippen molar-refractivity contribution in [1.29, 1.82) is 0 Å². The number of carbonyl (C=O) groups is 2. The summed E-state index contributed by atoms with van der Waals surface area (Å²) in [6.45, 7) is 3.90. The standard InChI is InChI=1S/C16H19N3O4S/c1-8(2)6-12(15(22)23-3)17-13(20)9-4-5-10-11(7-9)18-16(24)19-14(10)21/h4-5,7-8,12H,6H2,1-3H3,(H,17,20)(H2,18,19,21,24). The van der Waals surface area contributed by atoms with E-state index in [1.54, 1.807) is 0 Å². The molecule has 1 aromatic heterocycles. The summed E-state index contributed by atoms with van der Waals surface area (Å²) in [6.07, 6.45) is 0.466. The van der Waals surface area contributed by atoms with Crippen LogP contribution in [0.5, 0.6) is 0 Å². The van der Waals surface area contributed by atoms with Crippen molar-refractivity contribution >= 4 is 35.0 Å². The number of aromatic nitrogens is 2. The average Bonchev–Trinajstić information content (AvgIpc) is 2.52. The molecule has 0 radical (unpaired) electrons. The van der Waals surface area contributed by atoms with Gasteiger partial charge in [0.1, 0.15) is 6.04 Å². The van der Waals surface area contributed by atoms with E-state index in [1.807, 2.05) is 13.8 Å². The van der Waals surface area contributed by atoms with Crippen molar-refractivity contribution in [2.24, 2.45) is 5.92 Å². The molecule has 1 atom stereocenters. The van der Waals surface area contributed by atoms with Crippen LogP contribution in [0.1, 0.15) is 30.6 Å². The maximum Gasteiger partial charge on any atom is 0.328 e. The van der Waals surface area contributed by atoms with E-state index in [2.05, 4.69) is 15.3 Å². The number of aromatic amines is 2. The molecule has 0 spiro atoms. The molecule has 7 nitrogen and oxygen atoms in total. The Labute approximate surface area is 143 Å². The summed E-state index contributed by atoms with van der Waals surface area (Å²) in [6, 6.07) is 3.85. The summed E-state index contributed by atoms with van der Waals surface area (Å²) >= 11 is 4.93. The molecule has 0 fully saturated rings. The summed E-state index contributed by atoms with van der Waals surface area (Å²) < 4.78 is 4.91. The first kappa shape index (κ1) is 17.9. The van der Waals surface area contributed by atoms with Crippen LogP contribution in [0.15, 0.2) is 23.0 Å². The largest absolute Gasteiger partial charge is 0.467 e. The van der Waals surface area contributed by atoms with E-state index in [0.717, 1.165) is 0 Å². The molecule has 128 valence electrons. The molecule has 0 saturated carbocycles. The third-order valence-corrected chi connectivity index (χ3v) is 3.70. The van der Waals surface area contributed by atoms with Crippen molar-refractivity contribution in [1.82, 2.24) is 15.3 Å². The van der Waals surface area contributed by atoms with Gasteiger partial charge in [-0.25, -0.2) is 4.79 Å². The second-order valence-electron chi connectivity index (χ2n) is 5.85. The summed E-state index contributed by atoms with van der Waals surface area (Å²) in [7, 11) is 1.28. The number of carbonyl (C=O) groups excluding carboxylic acids is 2. The Balaban J connectivity index is 2.31. The molecule has 3 N–H and O–H groups in total. The topological polar surface area (TPSA) is 104 Å². The Morgan fingerprint density at radius 1 is 1.29 bits per heavy atom. The molecule has 0 bridgehead atoms. The van der Waals surface area contributed by atoms with Gasteiger partial charge in [-0.15, -0.1) is 0 Å². The van der Waals surface area contributed by atoms with Gasteiger partial charge >= 0.3 is 5.97 Å². The predicted molar refractivity (Wildman–Crippen MR) is 92.5 cm³/mol. The Kier molecular flexibility index (Phi) is 5.50. The van der Waals surface area contributed by atoms with Crippen LogP contribution >= 0.6 is 12.2 Å². The number of fused-ring (bicyclic) bond motifs is 1. The Hall–Kier alpha value is -2.48. The van der Waals surface area contributed by atoms with Crippen molar-refractivity contribution in [2.45, 2.75) is 26.3 Å². The maximum absolute atomic E-state index is 12.4. The highest BCUT2D eigenvalue weighted by Gasteiger charge is 2.23. The van der Waals surface area contributed by atoms with Gasteiger partial charge in [-0.05, 0) is 42.8 Å². The fourth-order valence-corrected chi connectivity index (χ4v) is 2.58. The van der Waals surface area contributed by atoms with Gasteiger partial charge in [-0.3, -0.25) is 14.6 Å². The van der Waals surface area contributed by atoms with Gasteiger partial charge in [-0.1, -0.05) is 13.8 Å². The van der Waals surface area contributed by atoms with Gasteiger partial charge in [0.05, 0.1) is 18.0 Å². The van der Waals surface area contributed by atoms with E-state index in [9.17, 15) is 14.4 Å². The van der Waals surface area contributed by atoms with Crippen molar-refractivity contribution in [3.05, 3.63) is 38.9 Å². The number of H-pyrrole nitrogens is 2. The minimum Gasteiger partial charge on any atom is -0.467 e. The number of benzene rings is 1. The van der Waals surface area contributed by atoms with Gasteiger partial charge in [0.2, 0.25) is 0 Å². The van der Waals surface area contributed by atoms with Crippen molar-refractivity contribution < 1.29 is 14.3 Å². The molecule has 1 aromatic carbocycles. The molecule has 0 saturated heterocycles. The number of ether oxygens (including phenoxy) is 1. The van der Waals surface area contributed by atoms with E-state index in [-0.39, 0.29) is 16.2 Å². The van der Waals surface area contributed by atoms with Gasteiger partial charge in [0.25, 0.3) is 11.5 Å². The van der Waals surface area contributed by atoms with Crippen molar-refractivity contribution in [3.8, 4) is 0 Å². The molecular weight excluding hydrogens is 330 g/mol. The predicted octanol–water partition coefficient (Wildman–Crippen LogP) is 1.90. The molecule has 24 heavy (non-hydrogen) atoms. The van der Waals surface area contributed by atoms with E-state index >= 15 is 0 Å². The van der Waals surface area contributed by atoms with Gasteiger partial charge in [0, 0.05) is 5.56 Å². The Morgan fingerprint density at radius 2 is 2.00 bits per heavy atom. The summed E-state index contributed by atoms with van der Waals surface area (Å²) in [4.78, 5) is 41.4. The van der Waals surface area contributed by atoms with Crippen molar-refractivity contribution in [3.63, 3.8) is 0 Å². The second-order valence-corrected chi connectivity index (χ2v) is 6.26. The molecule has 1 unspecified atom stereocenters. The molecule has 0 aliphatic rings. The van der Waals surface area contributed by atoms with Crippen LogP contribution in [0.3, 0.4) is 0 Å². The zero-order chi connectivity index (χ0) is 17.9. The lowest BCUT2D eigenvalue weighted by Gasteiger charge is -2.18. The zero-order valence-corrected chi connectivity index (χ0v) is 14.5. The number of hydrogen-bond acceptors (Lipinski definition) is 5. The lowest BCUT2D eigenvalue weighted by atomic mass is 10.0. The second kappa shape index (κ2) is 7.39. The monoisotopic (exact) mass is 349 g/mol. The molecule has 1 amide bonds. The molecular formula is C16H19N3O4S. The molecule has 2 rings (SSSR count). The minimum absolute atomic E-state index is 0.178. The third kappa shape index (κ3) is 4.08. The van der Waals surface area contributed by atoms with Crippen molar-refractivity contribution in [2.75, 3.05) is 7.11 Å². The van der Waals surface area contributed by atoms with Gasteiger partial charge < -0.3 is 15.0 Å². The lowest BCUT2D eigenvalue weighted by molar-refractivity contribution is -0.143. The van der Waals surface area contributed by atoms with E-state index < -0.39 is 17.9 Å². The molecule has 8 heteroatoms. The summed E-state index contributed by atoms with van der Waals surface area (Å²) in [5.74, 6) is -0.707. The number of nitrogens with one attached hydrogen (secondary N) is 3. The first-order chi connectivity index (χ1) is 11.3. The highest BCUT2D eigenvalue weighted by Crippen LogP contribution is 2.12. The van der Waals surface area contributed by atoms with Gasteiger partial charge in [-0.2, -0.15) is 0 Å². The number of esters is 1. The van der Waals surface area contributed by atoms with Crippen LogP contribution in [0, 0.1) is 10.7 Å². The Bertz CT molecular complexity index is 885. The molecule has 0 aliphatic carbocycles. The highest BCUT2D eigenvalue weighted by molar-refractivity contribution is 7.71. The van der Waals surface area contributed by atoms with Crippen LogP contribution in [0.2, 0.25) is 0 Å². The third-order valence-electron chi connectivity index (χ3n) is 3.50. The fraction of sp³-hybridized carbons (Fsp3) is 0.375. The van der Waals surface area contributed by atoms with Crippen LogP contribution < -0.4 is 10.9 Å². The van der Waals surface area contributed by atoms with Crippen LogP contribution in [0.4, 0.5) is 0 Å². The molecule has 1 heterocycles. The van der Waals surface area contributed by atoms with E-state index in [4.69, 9.17) is 17.0 Å².